The second-order valence-corrected chi connectivity index (χ2v) is 13.8. The van der Waals surface area contributed by atoms with Crippen LogP contribution in [0.1, 0.15) is 58.1 Å². The summed E-state index contributed by atoms with van der Waals surface area (Å²) in [7, 11) is 0. The average molecular weight is 671 g/mol. The Morgan fingerprint density at radius 3 is 2.48 bits per heavy atom. The number of carbonyl (C=O) groups excluding carboxylic acids is 3. The minimum absolute atomic E-state index is 0.0935. The molecule has 7 nitrogen and oxygen atoms in total. The van der Waals surface area contributed by atoms with Crippen LogP contribution < -0.4 is 16.0 Å². The Morgan fingerprint density at radius 1 is 0.917 bits per heavy atom. The van der Waals surface area contributed by atoms with E-state index in [1.54, 1.807) is 36.4 Å². The van der Waals surface area contributed by atoms with Crippen LogP contribution in [0, 0.1) is 11.3 Å². The number of rotatable bonds is 10. The molecule has 1 aliphatic rings. The number of amides is 3. The van der Waals surface area contributed by atoms with Crippen molar-refractivity contribution in [3.8, 4) is 6.07 Å². The highest BCUT2D eigenvalue weighted by molar-refractivity contribution is 8.00. The first-order valence-corrected chi connectivity index (χ1v) is 17.6. The largest absolute Gasteiger partial charge is 0.321 e. The zero-order valence-electron chi connectivity index (χ0n) is 26.4. The van der Waals surface area contributed by atoms with Gasteiger partial charge in [0.05, 0.1) is 10.8 Å². The van der Waals surface area contributed by atoms with E-state index in [1.165, 1.54) is 28.0 Å². The van der Waals surface area contributed by atoms with Crippen molar-refractivity contribution in [2.75, 3.05) is 10.6 Å². The summed E-state index contributed by atoms with van der Waals surface area (Å²) in [6.07, 6.45) is 6.25. The Morgan fingerprint density at radius 2 is 1.67 bits per heavy atom. The Labute approximate surface area is 288 Å². The fourth-order valence-electron chi connectivity index (χ4n) is 5.77. The van der Waals surface area contributed by atoms with Gasteiger partial charge >= 0.3 is 0 Å². The van der Waals surface area contributed by atoms with Gasteiger partial charge in [-0.05, 0) is 90.4 Å². The van der Waals surface area contributed by atoms with E-state index in [0.717, 1.165) is 52.5 Å². The molecule has 0 spiro atoms. The number of thioether (sulfide) groups is 1. The molecule has 1 atom stereocenters. The summed E-state index contributed by atoms with van der Waals surface area (Å²) in [6, 6.07) is 32.0. The molecule has 5 aromatic rings. The molecule has 0 radical (unpaired) electrons. The molecule has 48 heavy (non-hydrogen) atoms. The standard InChI is InChI=1S/C39H34N4O3S2/c1-2-34(38(46)43-39-32(24-40)31-20-8-9-21-35(31)48-39)47-29-18-11-17-28(23-29)41-37(45)33(42-36(44)26-13-4-3-5-14-26)22-27-16-10-15-25-12-6-7-19-30(25)27/h3-7,10-19,22-23,34H,2,8-9,20-21H2,1H3,(H,41,45)(H,42,44)(H,43,46)/b33-22+. The maximum absolute atomic E-state index is 13.8. The fraction of sp³-hybridized carbons (Fsp3) is 0.179. The molecule has 0 saturated heterocycles. The first-order chi connectivity index (χ1) is 23.4. The van der Waals surface area contributed by atoms with Crippen molar-refractivity contribution in [2.24, 2.45) is 0 Å². The van der Waals surface area contributed by atoms with Gasteiger partial charge in [-0.3, -0.25) is 14.4 Å². The van der Waals surface area contributed by atoms with Gasteiger partial charge in [-0.2, -0.15) is 5.26 Å². The average Bonchev–Trinajstić information content (AvgIpc) is 3.47. The molecule has 1 aromatic heterocycles. The third kappa shape index (κ3) is 7.52. The van der Waals surface area contributed by atoms with Crippen LogP contribution in [0.15, 0.2) is 108 Å². The number of hydrogen-bond donors (Lipinski definition) is 3. The first-order valence-electron chi connectivity index (χ1n) is 15.9. The monoisotopic (exact) mass is 670 g/mol. The maximum Gasteiger partial charge on any atom is 0.272 e. The molecule has 6 rings (SSSR count). The maximum atomic E-state index is 13.8. The zero-order valence-corrected chi connectivity index (χ0v) is 28.0. The molecule has 1 aliphatic carbocycles. The summed E-state index contributed by atoms with van der Waals surface area (Å²) in [5.41, 5.74) is 3.52. The highest BCUT2D eigenvalue weighted by Crippen LogP contribution is 2.38. The predicted molar refractivity (Wildman–Crippen MR) is 195 cm³/mol. The van der Waals surface area contributed by atoms with Gasteiger partial charge in [-0.25, -0.2) is 0 Å². The molecule has 0 bridgehead atoms. The van der Waals surface area contributed by atoms with Gasteiger partial charge in [0.15, 0.2) is 0 Å². The fourth-order valence-corrected chi connectivity index (χ4v) is 8.03. The lowest BCUT2D eigenvalue weighted by atomic mass is 9.96. The van der Waals surface area contributed by atoms with Crippen molar-refractivity contribution in [3.63, 3.8) is 0 Å². The lowest BCUT2D eigenvalue weighted by Crippen LogP contribution is -2.30. The van der Waals surface area contributed by atoms with Crippen LogP contribution in [-0.4, -0.2) is 23.0 Å². The highest BCUT2D eigenvalue weighted by atomic mass is 32.2. The van der Waals surface area contributed by atoms with Crippen LogP contribution in [0.4, 0.5) is 10.7 Å². The van der Waals surface area contributed by atoms with E-state index in [9.17, 15) is 19.6 Å². The summed E-state index contributed by atoms with van der Waals surface area (Å²) in [4.78, 5) is 42.4. The lowest BCUT2D eigenvalue weighted by Gasteiger charge is -2.16. The van der Waals surface area contributed by atoms with Gasteiger partial charge in [-0.1, -0.05) is 73.7 Å². The Bertz CT molecular complexity index is 2060. The number of thiophene rings is 1. The number of nitriles is 1. The summed E-state index contributed by atoms with van der Waals surface area (Å²) in [5.74, 6) is -1.04. The smallest absolute Gasteiger partial charge is 0.272 e. The van der Waals surface area contributed by atoms with Crippen molar-refractivity contribution in [1.29, 1.82) is 5.26 Å². The van der Waals surface area contributed by atoms with E-state index < -0.39 is 17.1 Å². The normalized spacial score (nSPS) is 13.2. The van der Waals surface area contributed by atoms with Crippen molar-refractivity contribution in [2.45, 2.75) is 49.2 Å². The van der Waals surface area contributed by atoms with Crippen molar-refractivity contribution in [1.82, 2.24) is 5.32 Å². The Hall–Kier alpha value is -5.17. The molecule has 3 N–H and O–H groups in total. The number of aryl methyl sites for hydroxylation is 1. The number of fused-ring (bicyclic) bond motifs is 2. The van der Waals surface area contributed by atoms with Crippen LogP contribution in [-0.2, 0) is 22.4 Å². The topological polar surface area (TPSA) is 111 Å². The highest BCUT2D eigenvalue weighted by Gasteiger charge is 2.25. The van der Waals surface area contributed by atoms with Crippen LogP contribution in [0.3, 0.4) is 0 Å². The summed E-state index contributed by atoms with van der Waals surface area (Å²) in [5, 5.41) is 20.8. The quantitative estimate of drug-likeness (QED) is 0.102. The summed E-state index contributed by atoms with van der Waals surface area (Å²) < 4.78 is 0. The van der Waals surface area contributed by atoms with E-state index in [1.807, 2.05) is 73.7 Å². The number of anilines is 2. The first kappa shape index (κ1) is 32.8. The van der Waals surface area contributed by atoms with E-state index in [0.29, 0.717) is 28.2 Å². The minimum Gasteiger partial charge on any atom is -0.321 e. The number of hydrogen-bond acceptors (Lipinski definition) is 6. The summed E-state index contributed by atoms with van der Waals surface area (Å²) in [6.45, 7) is 1.95. The molecule has 3 amide bonds. The zero-order chi connectivity index (χ0) is 33.5. The number of nitrogens with zero attached hydrogens (tertiary/aromatic N) is 1. The molecular formula is C39H34N4O3S2. The van der Waals surface area contributed by atoms with E-state index in [4.69, 9.17) is 0 Å². The van der Waals surface area contributed by atoms with Gasteiger partial charge in [0.1, 0.15) is 16.8 Å². The van der Waals surface area contributed by atoms with Crippen LogP contribution >= 0.6 is 23.1 Å². The lowest BCUT2D eigenvalue weighted by molar-refractivity contribution is -0.116. The summed E-state index contributed by atoms with van der Waals surface area (Å²) >= 11 is 2.92. The van der Waals surface area contributed by atoms with Gasteiger partial charge in [0.25, 0.3) is 11.8 Å². The number of nitrogens with one attached hydrogen (secondary N) is 3. The van der Waals surface area contributed by atoms with Crippen molar-refractivity contribution in [3.05, 3.63) is 130 Å². The van der Waals surface area contributed by atoms with Crippen molar-refractivity contribution < 1.29 is 14.4 Å². The number of carbonyl (C=O) groups is 3. The van der Waals surface area contributed by atoms with Gasteiger partial charge in [0.2, 0.25) is 5.91 Å². The second-order valence-electron chi connectivity index (χ2n) is 11.5. The number of benzene rings is 4. The molecule has 9 heteroatoms. The molecular weight excluding hydrogens is 637 g/mol. The molecule has 1 heterocycles. The minimum atomic E-state index is -0.482. The van der Waals surface area contributed by atoms with Crippen LogP contribution in [0.25, 0.3) is 16.8 Å². The molecule has 4 aromatic carbocycles. The Balaban J connectivity index is 1.21. The molecule has 0 fully saturated rings. The molecule has 1 unspecified atom stereocenters. The van der Waals surface area contributed by atoms with E-state index in [2.05, 4.69) is 22.0 Å². The van der Waals surface area contributed by atoms with Crippen LogP contribution in [0.2, 0.25) is 0 Å². The van der Waals surface area contributed by atoms with Gasteiger partial charge in [0, 0.05) is 21.0 Å². The van der Waals surface area contributed by atoms with E-state index >= 15 is 0 Å². The van der Waals surface area contributed by atoms with Crippen LogP contribution in [0.5, 0.6) is 0 Å². The second kappa shape index (κ2) is 15.2. The van der Waals surface area contributed by atoms with Gasteiger partial charge in [-0.15, -0.1) is 23.1 Å². The third-order valence-corrected chi connectivity index (χ3v) is 10.8. The SMILES string of the molecule is CCC(Sc1cccc(NC(=O)/C(=C\c2cccc3ccccc23)NC(=O)c2ccccc2)c1)C(=O)Nc1sc2c(c1C#N)CCCC2. The molecule has 240 valence electrons. The molecule has 0 saturated carbocycles. The Kier molecular flexibility index (Phi) is 10.3. The molecule has 0 aliphatic heterocycles. The third-order valence-electron chi connectivity index (χ3n) is 8.21. The van der Waals surface area contributed by atoms with Gasteiger partial charge < -0.3 is 16.0 Å². The van der Waals surface area contributed by atoms with E-state index in [-0.39, 0.29) is 11.6 Å². The van der Waals surface area contributed by atoms with Crippen molar-refractivity contribution >= 4 is 68.4 Å². The predicted octanol–water partition coefficient (Wildman–Crippen LogP) is 8.57.